The molecule has 0 aliphatic carbocycles. The molecule has 1 fully saturated rings. The van der Waals surface area contributed by atoms with E-state index in [-0.39, 0.29) is 11.7 Å². The second-order valence-corrected chi connectivity index (χ2v) is 6.26. The SMILES string of the molecule is O=c1[nH]c2c(c(=O)[nH]1)CN(Cc1ccc(OC3CCOC3)cc1)C2. The van der Waals surface area contributed by atoms with Gasteiger partial charge in [-0.15, -0.1) is 0 Å². The molecule has 2 aliphatic heterocycles. The Bertz CT molecular complexity index is 834. The van der Waals surface area contributed by atoms with E-state index in [0.717, 1.165) is 24.3 Å². The molecule has 3 heterocycles. The maximum Gasteiger partial charge on any atom is 0.325 e. The Morgan fingerprint density at radius 2 is 2.00 bits per heavy atom. The molecular formula is C17H19N3O4. The van der Waals surface area contributed by atoms with E-state index in [0.29, 0.717) is 37.5 Å². The highest BCUT2D eigenvalue weighted by molar-refractivity contribution is 5.28. The van der Waals surface area contributed by atoms with Crippen molar-refractivity contribution in [2.45, 2.75) is 32.2 Å². The maximum atomic E-state index is 11.8. The Balaban J connectivity index is 1.40. The van der Waals surface area contributed by atoms with Crippen molar-refractivity contribution in [1.29, 1.82) is 0 Å². The van der Waals surface area contributed by atoms with Gasteiger partial charge in [-0.2, -0.15) is 0 Å². The van der Waals surface area contributed by atoms with Crippen LogP contribution in [0.15, 0.2) is 33.9 Å². The third-order valence-electron chi connectivity index (χ3n) is 4.41. The molecule has 0 amide bonds. The van der Waals surface area contributed by atoms with Crippen LogP contribution in [0.3, 0.4) is 0 Å². The monoisotopic (exact) mass is 329 g/mol. The van der Waals surface area contributed by atoms with Crippen LogP contribution in [-0.2, 0) is 24.4 Å². The Morgan fingerprint density at radius 3 is 2.75 bits per heavy atom. The number of nitrogens with zero attached hydrogens (tertiary/aromatic N) is 1. The summed E-state index contributed by atoms with van der Waals surface area (Å²) in [5.41, 5.74) is 1.76. The molecule has 24 heavy (non-hydrogen) atoms. The quantitative estimate of drug-likeness (QED) is 0.864. The molecule has 0 spiro atoms. The molecule has 7 heteroatoms. The summed E-state index contributed by atoms with van der Waals surface area (Å²) in [6.45, 7) is 3.24. The van der Waals surface area contributed by atoms with Gasteiger partial charge in [-0.1, -0.05) is 12.1 Å². The third kappa shape index (κ3) is 3.13. The van der Waals surface area contributed by atoms with Gasteiger partial charge in [-0.25, -0.2) is 4.79 Å². The zero-order valence-electron chi connectivity index (χ0n) is 13.2. The summed E-state index contributed by atoms with van der Waals surface area (Å²) in [5, 5.41) is 0. The summed E-state index contributed by atoms with van der Waals surface area (Å²) in [6, 6.07) is 7.99. The van der Waals surface area contributed by atoms with Crippen molar-refractivity contribution in [1.82, 2.24) is 14.9 Å². The minimum absolute atomic E-state index is 0.146. The Labute approximate surface area is 138 Å². The fourth-order valence-corrected chi connectivity index (χ4v) is 3.21. The summed E-state index contributed by atoms with van der Waals surface area (Å²) >= 11 is 0. The van der Waals surface area contributed by atoms with Crippen molar-refractivity contribution >= 4 is 0 Å². The van der Waals surface area contributed by atoms with E-state index in [2.05, 4.69) is 14.9 Å². The Kier molecular flexibility index (Phi) is 3.95. The van der Waals surface area contributed by atoms with E-state index in [1.807, 2.05) is 24.3 Å². The first kappa shape index (κ1) is 15.2. The van der Waals surface area contributed by atoms with Crippen LogP contribution in [0.5, 0.6) is 5.75 Å². The molecule has 126 valence electrons. The molecule has 0 radical (unpaired) electrons. The van der Waals surface area contributed by atoms with Gasteiger partial charge in [0.1, 0.15) is 11.9 Å². The van der Waals surface area contributed by atoms with Crippen LogP contribution in [0.2, 0.25) is 0 Å². The fraction of sp³-hybridized carbons (Fsp3) is 0.412. The molecule has 2 N–H and O–H groups in total. The topological polar surface area (TPSA) is 87.4 Å². The van der Waals surface area contributed by atoms with Crippen molar-refractivity contribution in [2.75, 3.05) is 13.2 Å². The molecule has 0 saturated carbocycles. The zero-order chi connectivity index (χ0) is 16.5. The molecule has 1 unspecified atom stereocenters. The third-order valence-corrected chi connectivity index (χ3v) is 4.41. The number of aromatic amines is 2. The maximum absolute atomic E-state index is 11.8. The van der Waals surface area contributed by atoms with Gasteiger partial charge >= 0.3 is 5.69 Å². The summed E-state index contributed by atoms with van der Waals surface area (Å²) in [5.74, 6) is 0.847. The number of aromatic nitrogens is 2. The average Bonchev–Trinajstić information content (AvgIpc) is 3.19. The van der Waals surface area contributed by atoms with Crippen molar-refractivity contribution < 1.29 is 9.47 Å². The predicted octanol–water partition coefficient (Wildman–Crippen LogP) is 0.747. The van der Waals surface area contributed by atoms with Crippen LogP contribution in [-0.4, -0.2) is 34.2 Å². The van der Waals surface area contributed by atoms with Crippen LogP contribution in [0.25, 0.3) is 0 Å². The zero-order valence-corrected chi connectivity index (χ0v) is 13.2. The van der Waals surface area contributed by atoms with Gasteiger partial charge < -0.3 is 14.5 Å². The average molecular weight is 329 g/mol. The lowest BCUT2D eigenvalue weighted by atomic mass is 10.2. The van der Waals surface area contributed by atoms with E-state index in [4.69, 9.17) is 9.47 Å². The summed E-state index contributed by atoms with van der Waals surface area (Å²) in [7, 11) is 0. The van der Waals surface area contributed by atoms with E-state index < -0.39 is 5.69 Å². The number of H-pyrrole nitrogens is 2. The largest absolute Gasteiger partial charge is 0.488 e. The number of rotatable bonds is 4. The first-order valence-electron chi connectivity index (χ1n) is 8.07. The number of fused-ring (bicyclic) bond motifs is 1. The number of ether oxygens (including phenoxy) is 2. The fourth-order valence-electron chi connectivity index (χ4n) is 3.21. The second-order valence-electron chi connectivity index (χ2n) is 6.26. The summed E-state index contributed by atoms with van der Waals surface area (Å²) < 4.78 is 11.2. The van der Waals surface area contributed by atoms with Gasteiger partial charge in [0, 0.05) is 31.7 Å². The van der Waals surface area contributed by atoms with Gasteiger partial charge in [0.2, 0.25) is 0 Å². The minimum atomic E-state index is -0.446. The Morgan fingerprint density at radius 1 is 1.17 bits per heavy atom. The minimum Gasteiger partial charge on any atom is -0.488 e. The molecule has 1 aromatic heterocycles. The van der Waals surface area contributed by atoms with Crippen molar-refractivity contribution in [3.05, 3.63) is 61.9 Å². The van der Waals surface area contributed by atoms with Gasteiger partial charge in [0.15, 0.2) is 0 Å². The van der Waals surface area contributed by atoms with Crippen LogP contribution in [0.1, 0.15) is 23.2 Å². The van der Waals surface area contributed by atoms with Gasteiger partial charge in [-0.05, 0) is 17.7 Å². The van der Waals surface area contributed by atoms with Crippen molar-refractivity contribution in [3.63, 3.8) is 0 Å². The van der Waals surface area contributed by atoms with E-state index in [1.54, 1.807) is 0 Å². The number of benzene rings is 1. The predicted molar refractivity (Wildman–Crippen MR) is 86.9 cm³/mol. The Hall–Kier alpha value is -2.38. The van der Waals surface area contributed by atoms with Crippen LogP contribution < -0.4 is 16.0 Å². The summed E-state index contributed by atoms with van der Waals surface area (Å²) in [6.07, 6.45) is 1.08. The highest BCUT2D eigenvalue weighted by Gasteiger charge is 2.23. The molecule has 1 saturated heterocycles. The second kappa shape index (κ2) is 6.26. The molecule has 0 bridgehead atoms. The lowest BCUT2D eigenvalue weighted by molar-refractivity contribution is 0.141. The normalized spacial score (nSPS) is 20.2. The van der Waals surface area contributed by atoms with E-state index in [9.17, 15) is 9.59 Å². The van der Waals surface area contributed by atoms with Gasteiger partial charge in [0.05, 0.1) is 18.8 Å². The molecule has 1 atom stereocenters. The van der Waals surface area contributed by atoms with Crippen molar-refractivity contribution in [2.24, 2.45) is 0 Å². The molecule has 1 aromatic carbocycles. The highest BCUT2D eigenvalue weighted by atomic mass is 16.5. The van der Waals surface area contributed by atoms with Crippen LogP contribution in [0, 0.1) is 0 Å². The van der Waals surface area contributed by atoms with Crippen molar-refractivity contribution in [3.8, 4) is 5.75 Å². The molecule has 4 rings (SSSR count). The summed E-state index contributed by atoms with van der Waals surface area (Å²) in [4.78, 5) is 30.3. The van der Waals surface area contributed by atoms with Gasteiger partial charge in [-0.3, -0.25) is 14.7 Å². The number of hydrogen-bond acceptors (Lipinski definition) is 5. The molecule has 2 aliphatic rings. The molecular weight excluding hydrogens is 310 g/mol. The van der Waals surface area contributed by atoms with Gasteiger partial charge in [0.25, 0.3) is 5.56 Å². The first-order chi connectivity index (χ1) is 11.7. The lowest BCUT2D eigenvalue weighted by Gasteiger charge is -2.16. The van der Waals surface area contributed by atoms with E-state index >= 15 is 0 Å². The first-order valence-corrected chi connectivity index (χ1v) is 8.07. The number of nitrogens with one attached hydrogen (secondary N) is 2. The standard InChI is InChI=1S/C17H19N3O4/c21-16-14-8-20(9-15(14)18-17(22)19-16)7-11-1-3-12(4-2-11)24-13-5-6-23-10-13/h1-4,13H,5-10H2,(H2,18,19,21,22). The highest BCUT2D eigenvalue weighted by Crippen LogP contribution is 2.21. The lowest BCUT2D eigenvalue weighted by Crippen LogP contribution is -2.25. The molecule has 7 nitrogen and oxygen atoms in total. The van der Waals surface area contributed by atoms with Crippen LogP contribution in [0.4, 0.5) is 0 Å². The number of hydrogen-bond donors (Lipinski definition) is 2. The van der Waals surface area contributed by atoms with E-state index in [1.165, 1.54) is 0 Å². The smallest absolute Gasteiger partial charge is 0.325 e. The molecule has 2 aromatic rings. The van der Waals surface area contributed by atoms with Crippen LogP contribution >= 0.6 is 0 Å².